The number of carboxylic acids is 1. The van der Waals surface area contributed by atoms with Crippen molar-refractivity contribution in [1.82, 2.24) is 5.32 Å². The van der Waals surface area contributed by atoms with Gasteiger partial charge in [0.2, 0.25) is 0 Å². The number of nitrogens with zero attached hydrogens (tertiary/aromatic N) is 1. The Kier molecular flexibility index (Phi) is 6.04. The zero-order valence-corrected chi connectivity index (χ0v) is 17.4. The number of nitrogens with one attached hydrogen (secondary N) is 2. The van der Waals surface area contributed by atoms with E-state index in [1.54, 1.807) is 36.4 Å². The van der Waals surface area contributed by atoms with Gasteiger partial charge in [-0.3, -0.25) is 15.1 Å². The summed E-state index contributed by atoms with van der Waals surface area (Å²) in [5, 5.41) is 22.0. The lowest BCUT2D eigenvalue weighted by Gasteiger charge is -2.22. The van der Waals surface area contributed by atoms with E-state index in [2.05, 4.69) is 5.32 Å². The third kappa shape index (κ3) is 4.70. The van der Waals surface area contributed by atoms with E-state index in [1.807, 2.05) is 24.3 Å². The van der Waals surface area contributed by atoms with Gasteiger partial charge in [-0.15, -0.1) is 0 Å². The molecule has 32 heavy (non-hydrogen) atoms. The Labute approximate surface area is 185 Å². The fourth-order valence-corrected chi connectivity index (χ4v) is 3.77. The van der Waals surface area contributed by atoms with E-state index < -0.39 is 11.9 Å². The topological polar surface area (TPSA) is 129 Å². The molecule has 1 heterocycles. The van der Waals surface area contributed by atoms with Gasteiger partial charge < -0.3 is 20.9 Å². The van der Waals surface area contributed by atoms with Crippen LogP contribution in [0.15, 0.2) is 60.7 Å². The van der Waals surface area contributed by atoms with Gasteiger partial charge in [-0.05, 0) is 65.7 Å². The first kappa shape index (κ1) is 21.3. The number of carboxylic acid groups (broad SMARTS) is 1. The van der Waals surface area contributed by atoms with Gasteiger partial charge in [0.15, 0.2) is 0 Å². The monoisotopic (exact) mass is 432 g/mol. The van der Waals surface area contributed by atoms with Crippen LogP contribution in [0.1, 0.15) is 17.5 Å². The molecule has 5 N–H and O–H groups in total. The Morgan fingerprint density at radius 2 is 1.84 bits per heavy atom. The number of hydrogen-bond donors (Lipinski definition) is 4. The number of nitrogens with two attached hydrogens (primary N) is 1. The largest absolute Gasteiger partial charge is 0.489 e. The molecular formula is C24H24N4O4. The molecule has 1 aliphatic heterocycles. The fourth-order valence-electron chi connectivity index (χ4n) is 3.77. The Hall–Kier alpha value is -3.91. The second kappa shape index (κ2) is 9.07. The normalized spacial score (nSPS) is 15.4. The zero-order valence-electron chi connectivity index (χ0n) is 17.4. The van der Waals surface area contributed by atoms with Crippen LogP contribution in [0.3, 0.4) is 0 Å². The van der Waals surface area contributed by atoms with Crippen LogP contribution in [0, 0.1) is 5.41 Å². The first-order valence-corrected chi connectivity index (χ1v) is 10.3. The number of aliphatic carboxylic acids is 1. The number of anilines is 1. The van der Waals surface area contributed by atoms with Crippen molar-refractivity contribution in [2.75, 3.05) is 18.0 Å². The molecule has 0 aliphatic carbocycles. The standard InChI is InChI=1S/C24H24N4O4/c25-22(26)17-4-3-16-2-1-15(11-18(16)12-17)14-28(23(29)24(30)31)19-5-7-20(8-6-19)32-21-9-10-27-13-21/h1-8,11-12,21,27H,9-10,13-14H2,(H3,25,26)(H,30,31). The van der Waals surface area contributed by atoms with Gasteiger partial charge in [-0.1, -0.05) is 24.3 Å². The van der Waals surface area contributed by atoms with Crippen molar-refractivity contribution < 1.29 is 19.4 Å². The molecule has 1 saturated heterocycles. The van der Waals surface area contributed by atoms with Crippen LogP contribution in [0.4, 0.5) is 5.69 Å². The SMILES string of the molecule is N=C(N)c1ccc2ccc(CN(C(=O)C(=O)O)c3ccc(OC4CCNC4)cc3)cc2c1. The van der Waals surface area contributed by atoms with Crippen molar-refractivity contribution in [3.63, 3.8) is 0 Å². The van der Waals surface area contributed by atoms with E-state index in [0.717, 1.165) is 35.8 Å². The lowest BCUT2D eigenvalue weighted by Crippen LogP contribution is -2.36. The number of rotatable bonds is 6. The van der Waals surface area contributed by atoms with Crippen molar-refractivity contribution in [2.24, 2.45) is 5.73 Å². The average Bonchev–Trinajstić information content (AvgIpc) is 3.30. The predicted molar refractivity (Wildman–Crippen MR) is 122 cm³/mol. The molecule has 1 atom stereocenters. The molecule has 1 fully saturated rings. The van der Waals surface area contributed by atoms with E-state index in [-0.39, 0.29) is 18.5 Å². The van der Waals surface area contributed by atoms with Gasteiger partial charge >= 0.3 is 11.9 Å². The van der Waals surface area contributed by atoms with Crippen LogP contribution in [0.25, 0.3) is 10.8 Å². The van der Waals surface area contributed by atoms with E-state index in [4.69, 9.17) is 15.9 Å². The molecule has 164 valence electrons. The summed E-state index contributed by atoms with van der Waals surface area (Å²) in [7, 11) is 0. The number of carbonyl (C=O) groups is 2. The lowest BCUT2D eigenvalue weighted by atomic mass is 10.0. The van der Waals surface area contributed by atoms with Crippen LogP contribution in [0.5, 0.6) is 5.75 Å². The summed E-state index contributed by atoms with van der Waals surface area (Å²) < 4.78 is 5.91. The molecule has 1 unspecified atom stereocenters. The Bertz CT molecular complexity index is 1170. The number of benzene rings is 3. The van der Waals surface area contributed by atoms with Crippen molar-refractivity contribution in [3.05, 3.63) is 71.8 Å². The van der Waals surface area contributed by atoms with Crippen LogP contribution < -0.4 is 20.7 Å². The summed E-state index contributed by atoms with van der Waals surface area (Å²) in [6.07, 6.45) is 1.04. The van der Waals surface area contributed by atoms with E-state index >= 15 is 0 Å². The summed E-state index contributed by atoms with van der Waals surface area (Å²) in [5.74, 6) is -1.90. The molecule has 0 radical (unpaired) electrons. The molecule has 1 aliphatic rings. The van der Waals surface area contributed by atoms with Crippen molar-refractivity contribution >= 4 is 34.2 Å². The average molecular weight is 432 g/mol. The van der Waals surface area contributed by atoms with Gasteiger partial charge in [-0.2, -0.15) is 0 Å². The Morgan fingerprint density at radius 1 is 1.09 bits per heavy atom. The smallest absolute Gasteiger partial charge is 0.394 e. The molecule has 3 aromatic rings. The van der Waals surface area contributed by atoms with Gasteiger partial charge in [0.05, 0.1) is 6.54 Å². The highest BCUT2D eigenvalue weighted by atomic mass is 16.5. The zero-order chi connectivity index (χ0) is 22.7. The molecular weight excluding hydrogens is 408 g/mol. The summed E-state index contributed by atoms with van der Waals surface area (Å²) >= 11 is 0. The van der Waals surface area contributed by atoms with E-state index in [1.165, 1.54) is 4.90 Å². The summed E-state index contributed by atoms with van der Waals surface area (Å²) in [5.41, 5.74) is 7.41. The van der Waals surface area contributed by atoms with Crippen LogP contribution in [-0.4, -0.2) is 42.0 Å². The summed E-state index contributed by atoms with van der Waals surface area (Å²) in [4.78, 5) is 25.2. The van der Waals surface area contributed by atoms with Crippen molar-refractivity contribution in [3.8, 4) is 5.75 Å². The minimum Gasteiger partial charge on any atom is -0.489 e. The molecule has 1 amide bonds. The predicted octanol–water partition coefficient (Wildman–Crippen LogP) is 2.48. The van der Waals surface area contributed by atoms with Crippen LogP contribution in [-0.2, 0) is 16.1 Å². The fraction of sp³-hybridized carbons (Fsp3) is 0.208. The molecule has 3 aromatic carbocycles. The molecule has 0 bridgehead atoms. The molecule has 4 rings (SSSR count). The highest BCUT2D eigenvalue weighted by molar-refractivity contribution is 6.37. The molecule has 8 heteroatoms. The summed E-state index contributed by atoms with van der Waals surface area (Å²) in [6, 6.07) is 17.9. The quantitative estimate of drug-likeness (QED) is 0.269. The van der Waals surface area contributed by atoms with E-state index in [9.17, 15) is 14.7 Å². The number of nitrogen functional groups attached to an aromatic ring is 1. The minimum atomic E-state index is -1.53. The minimum absolute atomic E-state index is 0.0318. The number of carbonyl (C=O) groups excluding carboxylic acids is 1. The van der Waals surface area contributed by atoms with Gasteiger partial charge in [0.1, 0.15) is 17.7 Å². The van der Waals surface area contributed by atoms with Gasteiger partial charge in [0.25, 0.3) is 0 Å². The molecule has 0 spiro atoms. The highest BCUT2D eigenvalue weighted by Crippen LogP contribution is 2.25. The third-order valence-electron chi connectivity index (χ3n) is 5.45. The highest BCUT2D eigenvalue weighted by Gasteiger charge is 2.23. The van der Waals surface area contributed by atoms with Crippen LogP contribution >= 0.6 is 0 Å². The van der Waals surface area contributed by atoms with Gasteiger partial charge in [-0.25, -0.2) is 4.79 Å². The van der Waals surface area contributed by atoms with E-state index in [0.29, 0.717) is 17.0 Å². The second-order valence-electron chi connectivity index (χ2n) is 7.73. The second-order valence-corrected chi connectivity index (χ2v) is 7.73. The van der Waals surface area contributed by atoms with Gasteiger partial charge in [0, 0.05) is 17.8 Å². The maximum absolute atomic E-state index is 12.5. The number of hydrogen-bond acceptors (Lipinski definition) is 5. The summed E-state index contributed by atoms with van der Waals surface area (Å²) in [6.45, 7) is 1.79. The Balaban J connectivity index is 1.60. The maximum atomic E-state index is 12.5. The number of ether oxygens (including phenoxy) is 1. The molecule has 8 nitrogen and oxygen atoms in total. The molecule has 0 saturated carbocycles. The van der Waals surface area contributed by atoms with Crippen molar-refractivity contribution in [2.45, 2.75) is 19.1 Å². The number of amidine groups is 1. The number of fused-ring (bicyclic) bond motifs is 1. The Morgan fingerprint density at radius 3 is 2.50 bits per heavy atom. The number of amides is 1. The molecule has 0 aromatic heterocycles. The lowest BCUT2D eigenvalue weighted by molar-refractivity contribution is -0.148. The third-order valence-corrected chi connectivity index (χ3v) is 5.45. The van der Waals surface area contributed by atoms with Crippen LogP contribution in [0.2, 0.25) is 0 Å². The first-order chi connectivity index (χ1) is 15.4. The maximum Gasteiger partial charge on any atom is 0.394 e. The van der Waals surface area contributed by atoms with Crippen molar-refractivity contribution in [1.29, 1.82) is 5.41 Å². The first-order valence-electron chi connectivity index (χ1n) is 10.3.